The van der Waals surface area contributed by atoms with Gasteiger partial charge in [-0.15, -0.1) is 0 Å². The average Bonchev–Trinajstić information content (AvgIpc) is 2.28. The molecule has 0 bridgehead atoms. The number of aryl methyl sites for hydroxylation is 1. The van der Waals surface area contributed by atoms with Crippen molar-refractivity contribution in [2.75, 3.05) is 0 Å². The molecule has 0 atom stereocenters. The molecule has 0 aromatic heterocycles. The van der Waals surface area contributed by atoms with Gasteiger partial charge in [0.15, 0.2) is 5.78 Å². The highest BCUT2D eigenvalue weighted by Gasteiger charge is 2.20. The third kappa shape index (κ3) is 3.48. The average molecular weight is 218 g/mol. The van der Waals surface area contributed by atoms with Crippen LogP contribution in [0, 0.1) is 5.41 Å². The van der Waals surface area contributed by atoms with Gasteiger partial charge in [0.2, 0.25) is 0 Å². The Labute approximate surface area is 98.9 Å². The lowest BCUT2D eigenvalue weighted by atomic mass is 9.83. The summed E-state index contributed by atoms with van der Waals surface area (Å²) >= 11 is 0. The molecule has 1 rings (SSSR count). The quantitative estimate of drug-likeness (QED) is 0.675. The summed E-state index contributed by atoms with van der Waals surface area (Å²) in [6, 6.07) is 8.00. The lowest BCUT2D eigenvalue weighted by Crippen LogP contribution is -2.16. The monoisotopic (exact) mass is 218 g/mol. The zero-order valence-corrected chi connectivity index (χ0v) is 10.8. The van der Waals surface area contributed by atoms with E-state index in [2.05, 4.69) is 27.7 Å². The molecule has 0 saturated heterocycles. The second-order valence-corrected chi connectivity index (χ2v) is 5.17. The Morgan fingerprint density at radius 2 is 1.69 bits per heavy atom. The van der Waals surface area contributed by atoms with Crippen molar-refractivity contribution in [3.8, 4) is 0 Å². The summed E-state index contributed by atoms with van der Waals surface area (Å²) in [6.07, 6.45) is 2.69. The Kier molecular flexibility index (Phi) is 4.28. The first-order valence-electron chi connectivity index (χ1n) is 6.10. The van der Waals surface area contributed by atoms with Gasteiger partial charge in [-0.3, -0.25) is 4.79 Å². The molecule has 0 N–H and O–H groups in total. The summed E-state index contributed by atoms with van der Waals surface area (Å²) < 4.78 is 0. The van der Waals surface area contributed by atoms with Crippen LogP contribution in [0.4, 0.5) is 0 Å². The highest BCUT2D eigenvalue weighted by Crippen LogP contribution is 2.26. The molecule has 0 fully saturated rings. The van der Waals surface area contributed by atoms with Crippen LogP contribution in [0.3, 0.4) is 0 Å². The minimum atomic E-state index is 0.112. The molecule has 0 spiro atoms. The second-order valence-electron chi connectivity index (χ2n) is 5.17. The molecule has 1 heteroatoms. The number of hydrogen-bond donors (Lipinski definition) is 0. The maximum Gasteiger partial charge on any atom is 0.163 e. The van der Waals surface area contributed by atoms with E-state index in [1.165, 1.54) is 5.56 Å². The first-order valence-corrected chi connectivity index (χ1v) is 6.10. The zero-order chi connectivity index (χ0) is 12.2. The first-order chi connectivity index (χ1) is 7.48. The largest absolute Gasteiger partial charge is 0.294 e. The van der Waals surface area contributed by atoms with Gasteiger partial charge in [0.1, 0.15) is 0 Å². The number of benzene rings is 1. The Bertz CT molecular complexity index is 346. The van der Waals surface area contributed by atoms with E-state index in [1.54, 1.807) is 0 Å². The highest BCUT2D eigenvalue weighted by atomic mass is 16.1. The summed E-state index contributed by atoms with van der Waals surface area (Å²) in [4.78, 5) is 12.0. The smallest absolute Gasteiger partial charge is 0.163 e. The van der Waals surface area contributed by atoms with Crippen LogP contribution >= 0.6 is 0 Å². The van der Waals surface area contributed by atoms with Crippen LogP contribution in [0.2, 0.25) is 0 Å². The van der Waals surface area contributed by atoms with E-state index < -0.39 is 0 Å². The number of carbonyl (C=O) groups is 1. The van der Waals surface area contributed by atoms with Crippen molar-refractivity contribution in [2.45, 2.75) is 47.0 Å². The van der Waals surface area contributed by atoms with Crippen LogP contribution < -0.4 is 0 Å². The van der Waals surface area contributed by atoms with Gasteiger partial charge >= 0.3 is 0 Å². The van der Waals surface area contributed by atoms with Gasteiger partial charge in [-0.1, -0.05) is 58.4 Å². The Balaban J connectivity index is 2.73. The minimum Gasteiger partial charge on any atom is -0.294 e. The molecule has 1 aromatic rings. The SMILES string of the molecule is CCc1ccc(C(=O)CC(C)(C)CC)cc1. The molecule has 88 valence electrons. The van der Waals surface area contributed by atoms with Gasteiger partial charge in [0.25, 0.3) is 0 Å². The summed E-state index contributed by atoms with van der Waals surface area (Å²) in [5, 5.41) is 0. The summed E-state index contributed by atoms with van der Waals surface area (Å²) in [7, 11) is 0. The maximum absolute atomic E-state index is 12.0. The van der Waals surface area contributed by atoms with Crippen molar-refractivity contribution in [1.29, 1.82) is 0 Å². The van der Waals surface area contributed by atoms with E-state index in [1.807, 2.05) is 24.3 Å². The second kappa shape index (κ2) is 5.29. The Morgan fingerprint density at radius 3 is 2.12 bits per heavy atom. The van der Waals surface area contributed by atoms with Crippen LogP contribution in [-0.4, -0.2) is 5.78 Å². The minimum absolute atomic E-state index is 0.112. The summed E-state index contributed by atoms with van der Waals surface area (Å²) in [5.74, 6) is 0.259. The lowest BCUT2D eigenvalue weighted by molar-refractivity contribution is 0.0928. The van der Waals surface area contributed by atoms with E-state index >= 15 is 0 Å². The number of Topliss-reactive ketones (excluding diaryl/α,β-unsaturated/α-hetero) is 1. The van der Waals surface area contributed by atoms with Gasteiger partial charge in [-0.25, -0.2) is 0 Å². The van der Waals surface area contributed by atoms with Crippen molar-refractivity contribution in [2.24, 2.45) is 5.41 Å². The highest BCUT2D eigenvalue weighted by molar-refractivity contribution is 5.96. The van der Waals surface area contributed by atoms with Gasteiger partial charge in [-0.2, -0.15) is 0 Å². The molecule has 1 nitrogen and oxygen atoms in total. The van der Waals surface area contributed by atoms with Gasteiger partial charge < -0.3 is 0 Å². The van der Waals surface area contributed by atoms with Crippen LogP contribution in [-0.2, 0) is 6.42 Å². The molecule has 0 saturated carbocycles. The normalized spacial score (nSPS) is 11.5. The molecule has 16 heavy (non-hydrogen) atoms. The number of ketones is 1. The molecule has 0 radical (unpaired) electrons. The van der Waals surface area contributed by atoms with Crippen molar-refractivity contribution in [1.82, 2.24) is 0 Å². The fourth-order valence-corrected chi connectivity index (χ4v) is 1.59. The van der Waals surface area contributed by atoms with Crippen LogP contribution in [0.1, 0.15) is 56.5 Å². The van der Waals surface area contributed by atoms with E-state index in [4.69, 9.17) is 0 Å². The Hall–Kier alpha value is -1.11. The van der Waals surface area contributed by atoms with Crippen molar-refractivity contribution in [3.63, 3.8) is 0 Å². The van der Waals surface area contributed by atoms with Gasteiger partial charge in [-0.05, 0) is 17.4 Å². The van der Waals surface area contributed by atoms with Gasteiger partial charge in [0, 0.05) is 12.0 Å². The topological polar surface area (TPSA) is 17.1 Å². The van der Waals surface area contributed by atoms with Crippen molar-refractivity contribution in [3.05, 3.63) is 35.4 Å². The third-order valence-corrected chi connectivity index (χ3v) is 3.28. The fraction of sp³-hybridized carbons (Fsp3) is 0.533. The van der Waals surface area contributed by atoms with Crippen molar-refractivity contribution < 1.29 is 4.79 Å². The van der Waals surface area contributed by atoms with E-state index in [9.17, 15) is 4.79 Å². The number of hydrogen-bond acceptors (Lipinski definition) is 1. The molecule has 0 aliphatic rings. The molecular weight excluding hydrogens is 196 g/mol. The van der Waals surface area contributed by atoms with Crippen LogP contribution in [0.25, 0.3) is 0 Å². The van der Waals surface area contributed by atoms with E-state index in [0.29, 0.717) is 6.42 Å². The predicted molar refractivity (Wildman–Crippen MR) is 68.8 cm³/mol. The van der Waals surface area contributed by atoms with Crippen LogP contribution in [0.5, 0.6) is 0 Å². The molecule has 0 aliphatic heterocycles. The molecule has 1 aromatic carbocycles. The molecular formula is C15H22O. The lowest BCUT2D eigenvalue weighted by Gasteiger charge is -2.21. The maximum atomic E-state index is 12.0. The Morgan fingerprint density at radius 1 is 1.12 bits per heavy atom. The zero-order valence-electron chi connectivity index (χ0n) is 10.8. The fourth-order valence-electron chi connectivity index (χ4n) is 1.59. The molecule has 0 heterocycles. The molecule has 0 amide bonds. The number of rotatable bonds is 5. The predicted octanol–water partition coefficient (Wildman–Crippen LogP) is 4.26. The molecule has 0 unspecified atom stereocenters. The van der Waals surface area contributed by atoms with E-state index in [-0.39, 0.29) is 11.2 Å². The standard InChI is InChI=1S/C15H22O/c1-5-12-7-9-13(10-8-12)14(16)11-15(3,4)6-2/h7-10H,5-6,11H2,1-4H3. The summed E-state index contributed by atoms with van der Waals surface area (Å²) in [5.41, 5.74) is 2.24. The number of carbonyl (C=O) groups excluding carboxylic acids is 1. The first kappa shape index (κ1) is 13.0. The van der Waals surface area contributed by atoms with Crippen LogP contribution in [0.15, 0.2) is 24.3 Å². The third-order valence-electron chi connectivity index (χ3n) is 3.28. The van der Waals surface area contributed by atoms with Crippen molar-refractivity contribution >= 4 is 5.78 Å². The summed E-state index contributed by atoms with van der Waals surface area (Å²) in [6.45, 7) is 8.54. The molecule has 0 aliphatic carbocycles. The van der Waals surface area contributed by atoms with E-state index in [0.717, 1.165) is 18.4 Å². The van der Waals surface area contributed by atoms with Gasteiger partial charge in [0.05, 0.1) is 0 Å².